The molecule has 6 aromatic carbocycles. The Morgan fingerprint density at radius 1 is 0.579 bits per heavy atom. The van der Waals surface area contributed by atoms with Crippen LogP contribution in [0.3, 0.4) is 0 Å². The summed E-state index contributed by atoms with van der Waals surface area (Å²) in [6.07, 6.45) is 5.21. The summed E-state index contributed by atoms with van der Waals surface area (Å²) in [6, 6.07) is 52.0. The maximum atomic E-state index is 4.58. The number of benzene rings is 6. The second-order valence-electron chi connectivity index (χ2n) is 15.6. The summed E-state index contributed by atoms with van der Waals surface area (Å²) in [5.74, 6) is 0.950. The lowest BCUT2D eigenvalue weighted by Gasteiger charge is -2.24. The van der Waals surface area contributed by atoms with Gasteiger partial charge < -0.3 is 4.40 Å². The number of thiophene rings is 1. The van der Waals surface area contributed by atoms with Crippen LogP contribution in [0.5, 0.6) is 0 Å². The highest BCUT2D eigenvalue weighted by molar-refractivity contribution is 7.25. The molecule has 0 saturated heterocycles. The summed E-state index contributed by atoms with van der Waals surface area (Å²) in [7, 11) is 0. The van der Waals surface area contributed by atoms with Crippen molar-refractivity contribution >= 4 is 37.2 Å². The maximum absolute atomic E-state index is 4.58. The van der Waals surface area contributed by atoms with Crippen LogP contribution in [-0.4, -0.2) is 9.38 Å². The van der Waals surface area contributed by atoms with E-state index < -0.39 is 0 Å². The van der Waals surface area contributed by atoms with Gasteiger partial charge in [0.25, 0.3) is 0 Å². The molecule has 9 aromatic rings. The van der Waals surface area contributed by atoms with E-state index in [9.17, 15) is 0 Å². The van der Waals surface area contributed by atoms with E-state index in [1.54, 1.807) is 0 Å². The molecule has 0 N–H and O–H groups in total. The molecule has 0 fully saturated rings. The van der Waals surface area contributed by atoms with E-state index in [1.165, 1.54) is 75.8 Å². The largest absolute Gasteiger partial charge is 0.306 e. The smallest absolute Gasteiger partial charge is 0.137 e. The Kier molecular flexibility index (Phi) is 12.2. The van der Waals surface area contributed by atoms with Crippen molar-refractivity contribution in [2.24, 2.45) is 0 Å². The van der Waals surface area contributed by atoms with Gasteiger partial charge in [-0.05, 0) is 115 Å². The summed E-state index contributed by atoms with van der Waals surface area (Å²) in [5, 5.41) is 2.83. The molecule has 3 heteroatoms. The van der Waals surface area contributed by atoms with Crippen LogP contribution in [0.4, 0.5) is 0 Å². The molecule has 0 saturated carbocycles. The van der Waals surface area contributed by atoms with Gasteiger partial charge in [0.05, 0.1) is 5.69 Å². The average Bonchev–Trinajstić information content (AvgIpc) is 3.84. The molecule has 0 amide bonds. The molecule has 0 bridgehead atoms. The van der Waals surface area contributed by atoms with E-state index >= 15 is 0 Å². The number of fused-ring (bicyclic) bond motifs is 4. The molecule has 286 valence electrons. The Bertz CT molecular complexity index is 2720. The topological polar surface area (TPSA) is 17.3 Å². The van der Waals surface area contributed by atoms with Gasteiger partial charge in [-0.15, -0.1) is 11.3 Å². The van der Waals surface area contributed by atoms with Gasteiger partial charge in [0.15, 0.2) is 0 Å². The Morgan fingerprint density at radius 3 is 1.88 bits per heavy atom. The van der Waals surface area contributed by atoms with Crippen molar-refractivity contribution in [3.05, 3.63) is 191 Å². The van der Waals surface area contributed by atoms with Crippen LogP contribution in [-0.2, 0) is 0 Å². The van der Waals surface area contributed by atoms with Crippen LogP contribution in [0.1, 0.15) is 79.3 Å². The summed E-state index contributed by atoms with van der Waals surface area (Å²) >= 11 is 1.91. The highest BCUT2D eigenvalue weighted by Gasteiger charge is 2.23. The van der Waals surface area contributed by atoms with Crippen molar-refractivity contribution in [3.63, 3.8) is 0 Å². The van der Waals surface area contributed by atoms with E-state index in [-0.39, 0.29) is 0 Å². The Hall–Kier alpha value is -5.77. The maximum Gasteiger partial charge on any atom is 0.137 e. The van der Waals surface area contributed by atoms with Gasteiger partial charge in [0.2, 0.25) is 0 Å². The second kappa shape index (κ2) is 17.6. The fourth-order valence-corrected chi connectivity index (χ4v) is 8.99. The fourth-order valence-electron chi connectivity index (χ4n) is 7.87. The van der Waals surface area contributed by atoms with Crippen LogP contribution in [0.25, 0.3) is 59.3 Å². The number of hydrogen-bond donors (Lipinski definition) is 0. The Labute approximate surface area is 343 Å². The van der Waals surface area contributed by atoms with Gasteiger partial charge in [-0.1, -0.05) is 160 Å². The Balaban J connectivity index is 0.000000176. The van der Waals surface area contributed by atoms with E-state index in [0.717, 1.165) is 23.3 Å². The lowest BCUT2D eigenvalue weighted by Crippen LogP contribution is -2.01. The number of aryl methyl sites for hydroxylation is 4. The molecular formula is C54H54N2S. The van der Waals surface area contributed by atoms with E-state index in [1.807, 2.05) is 58.3 Å². The van der Waals surface area contributed by atoms with Crippen LogP contribution in [0.15, 0.2) is 158 Å². The zero-order valence-electron chi connectivity index (χ0n) is 34.7. The molecule has 3 aromatic heterocycles. The number of aromatic nitrogens is 2. The van der Waals surface area contributed by atoms with Gasteiger partial charge in [-0.3, -0.25) is 0 Å². The van der Waals surface area contributed by atoms with Crippen molar-refractivity contribution < 1.29 is 0 Å². The summed E-state index contributed by atoms with van der Waals surface area (Å²) in [5.41, 5.74) is 17.0. The molecule has 0 radical (unpaired) electrons. The molecule has 3 heterocycles. The van der Waals surface area contributed by atoms with Gasteiger partial charge in [0.1, 0.15) is 5.65 Å². The van der Waals surface area contributed by atoms with Crippen LogP contribution in [0.2, 0.25) is 0 Å². The molecule has 0 aliphatic heterocycles. The SMILES string of the molecule is CCC(C)c1ccccc1-c1c(C)ccc(C)c1-c1ccc2sc3ccccc3c2c1C(C)C.Cc1ccc(-c2cn3ccccc3n2)cc1.Cc1ccccc1. The predicted octanol–water partition coefficient (Wildman–Crippen LogP) is 15.9. The molecule has 0 spiro atoms. The highest BCUT2D eigenvalue weighted by Crippen LogP contribution is 2.47. The minimum absolute atomic E-state index is 0.425. The zero-order valence-corrected chi connectivity index (χ0v) is 35.5. The minimum Gasteiger partial charge on any atom is -0.306 e. The van der Waals surface area contributed by atoms with Crippen molar-refractivity contribution in [1.29, 1.82) is 0 Å². The first-order valence-electron chi connectivity index (χ1n) is 20.3. The monoisotopic (exact) mass is 762 g/mol. The standard InChI is InChI=1S/C33H34S.C14H12N2.C7H8/c1-7-21(4)24-12-8-9-13-25(24)31-22(5)16-17-23(6)32(31)27-18-19-29-33(30(27)20(2)3)26-14-10-11-15-28(26)34-29;1-11-5-7-12(8-6-11)13-10-16-9-3-2-4-14(16)15-13;1-7-5-3-2-4-6-7/h8-21H,7H2,1-6H3;2-10H,1H3;2-6H,1H3. The number of pyridine rings is 1. The van der Waals surface area contributed by atoms with Crippen LogP contribution >= 0.6 is 11.3 Å². The first-order chi connectivity index (χ1) is 27.6. The molecule has 1 unspecified atom stereocenters. The van der Waals surface area contributed by atoms with Crippen molar-refractivity contribution in [2.45, 2.75) is 73.6 Å². The van der Waals surface area contributed by atoms with E-state index in [0.29, 0.717) is 11.8 Å². The second-order valence-corrected chi connectivity index (χ2v) is 16.7. The van der Waals surface area contributed by atoms with Crippen LogP contribution in [0, 0.1) is 27.7 Å². The lowest BCUT2D eigenvalue weighted by atomic mass is 9.80. The number of imidazole rings is 1. The van der Waals surface area contributed by atoms with Gasteiger partial charge in [-0.2, -0.15) is 0 Å². The number of rotatable bonds is 6. The number of nitrogens with zero attached hydrogens (tertiary/aromatic N) is 2. The molecule has 2 nitrogen and oxygen atoms in total. The third-order valence-electron chi connectivity index (χ3n) is 11.1. The minimum atomic E-state index is 0.425. The van der Waals surface area contributed by atoms with Crippen molar-refractivity contribution in [1.82, 2.24) is 9.38 Å². The van der Waals surface area contributed by atoms with Gasteiger partial charge in [-0.25, -0.2) is 4.98 Å². The summed E-state index contributed by atoms with van der Waals surface area (Å²) in [4.78, 5) is 4.58. The molecule has 0 aliphatic carbocycles. The first-order valence-corrected chi connectivity index (χ1v) is 21.1. The Morgan fingerprint density at radius 2 is 1.21 bits per heavy atom. The molecule has 1 atom stereocenters. The third kappa shape index (κ3) is 8.50. The van der Waals surface area contributed by atoms with Crippen molar-refractivity contribution in [3.8, 4) is 33.5 Å². The lowest BCUT2D eigenvalue weighted by molar-refractivity contribution is 0.735. The normalized spacial score (nSPS) is 11.7. The quantitative estimate of drug-likeness (QED) is 0.165. The molecular weight excluding hydrogens is 709 g/mol. The van der Waals surface area contributed by atoms with E-state index in [4.69, 9.17) is 0 Å². The van der Waals surface area contributed by atoms with Crippen molar-refractivity contribution in [2.75, 3.05) is 0 Å². The van der Waals surface area contributed by atoms with Crippen LogP contribution < -0.4 is 0 Å². The predicted molar refractivity (Wildman–Crippen MR) is 249 cm³/mol. The summed E-state index contributed by atoms with van der Waals surface area (Å²) < 4.78 is 4.80. The fraction of sp³-hybridized carbons (Fsp3) is 0.204. The summed E-state index contributed by atoms with van der Waals surface area (Å²) in [6.45, 7) is 18.1. The first kappa shape index (κ1) is 39.5. The molecule has 9 rings (SSSR count). The average molecular weight is 763 g/mol. The van der Waals surface area contributed by atoms with E-state index in [2.05, 4.69) is 176 Å². The van der Waals surface area contributed by atoms with Gasteiger partial charge in [0, 0.05) is 38.1 Å². The number of hydrogen-bond acceptors (Lipinski definition) is 2. The molecule has 57 heavy (non-hydrogen) atoms. The molecule has 0 aliphatic rings. The zero-order chi connectivity index (χ0) is 40.1. The third-order valence-corrected chi connectivity index (χ3v) is 12.2. The van der Waals surface area contributed by atoms with Gasteiger partial charge >= 0.3 is 0 Å². The highest BCUT2D eigenvalue weighted by atomic mass is 32.1.